The summed E-state index contributed by atoms with van der Waals surface area (Å²) in [6, 6.07) is 10.8. The molecule has 2 heterocycles. The fourth-order valence-corrected chi connectivity index (χ4v) is 4.44. The maximum absolute atomic E-state index is 12.9. The van der Waals surface area contributed by atoms with E-state index in [9.17, 15) is 14.4 Å². The van der Waals surface area contributed by atoms with Gasteiger partial charge in [-0.05, 0) is 75.3 Å². The highest BCUT2D eigenvalue weighted by Crippen LogP contribution is 2.34. The summed E-state index contributed by atoms with van der Waals surface area (Å²) in [5, 5.41) is 3.52. The SMILES string of the molecule is CC(C(=O)NCCN1CCCCC1)N1C(=O)COc2ccc(C(=O)COc3ccc(Cl)cc3)cc21. The third-order valence-corrected chi connectivity index (χ3v) is 6.54. The van der Waals surface area contributed by atoms with Crippen molar-refractivity contribution >= 4 is 34.9 Å². The lowest BCUT2D eigenvalue weighted by Gasteiger charge is -2.34. The van der Waals surface area contributed by atoms with Gasteiger partial charge < -0.3 is 19.7 Å². The Balaban J connectivity index is 1.41. The van der Waals surface area contributed by atoms with Crippen molar-refractivity contribution in [3.8, 4) is 11.5 Å². The number of halogens is 1. The highest BCUT2D eigenvalue weighted by molar-refractivity contribution is 6.30. The third-order valence-electron chi connectivity index (χ3n) is 6.29. The molecule has 8 nitrogen and oxygen atoms in total. The van der Waals surface area contributed by atoms with Gasteiger partial charge in [-0.25, -0.2) is 0 Å². The first kappa shape index (κ1) is 25.0. The first-order valence-electron chi connectivity index (χ1n) is 11.9. The Bertz CT molecular complexity index is 1070. The number of ether oxygens (including phenoxy) is 2. The molecule has 1 N–H and O–H groups in total. The van der Waals surface area contributed by atoms with Crippen LogP contribution in [0.15, 0.2) is 42.5 Å². The summed E-state index contributed by atoms with van der Waals surface area (Å²) in [5.74, 6) is 0.131. The van der Waals surface area contributed by atoms with Crippen LogP contribution < -0.4 is 19.7 Å². The number of benzene rings is 2. The zero-order valence-electron chi connectivity index (χ0n) is 19.8. The lowest BCUT2D eigenvalue weighted by molar-refractivity contribution is -0.127. The largest absolute Gasteiger partial charge is 0.485 e. The van der Waals surface area contributed by atoms with Crippen LogP contribution in [0.3, 0.4) is 0 Å². The molecule has 0 aliphatic carbocycles. The summed E-state index contributed by atoms with van der Waals surface area (Å²) in [5.41, 5.74) is 0.760. The molecule has 186 valence electrons. The molecule has 4 rings (SSSR count). The second-order valence-corrected chi connectivity index (χ2v) is 9.21. The van der Waals surface area contributed by atoms with E-state index in [2.05, 4.69) is 10.2 Å². The lowest BCUT2D eigenvalue weighted by atomic mass is 10.1. The van der Waals surface area contributed by atoms with Crippen molar-refractivity contribution in [3.63, 3.8) is 0 Å². The minimum atomic E-state index is -0.748. The first-order valence-corrected chi connectivity index (χ1v) is 12.3. The molecule has 35 heavy (non-hydrogen) atoms. The highest BCUT2D eigenvalue weighted by atomic mass is 35.5. The summed E-state index contributed by atoms with van der Waals surface area (Å²) in [7, 11) is 0. The van der Waals surface area contributed by atoms with Crippen molar-refractivity contribution in [2.75, 3.05) is 44.3 Å². The number of carbonyl (C=O) groups excluding carboxylic acids is 3. The smallest absolute Gasteiger partial charge is 0.265 e. The number of carbonyl (C=O) groups is 3. The average molecular weight is 500 g/mol. The topological polar surface area (TPSA) is 88.2 Å². The first-order chi connectivity index (χ1) is 16.9. The molecule has 2 amide bonds. The minimum Gasteiger partial charge on any atom is -0.485 e. The number of ketones is 1. The molecule has 2 aliphatic rings. The number of fused-ring (bicyclic) bond motifs is 1. The predicted octanol–water partition coefficient (Wildman–Crippen LogP) is 3.32. The van der Waals surface area contributed by atoms with E-state index < -0.39 is 6.04 Å². The van der Waals surface area contributed by atoms with Crippen LogP contribution in [0.5, 0.6) is 11.5 Å². The van der Waals surface area contributed by atoms with Crippen LogP contribution in [-0.4, -0.2) is 67.9 Å². The van der Waals surface area contributed by atoms with Crippen molar-refractivity contribution in [1.82, 2.24) is 10.2 Å². The van der Waals surface area contributed by atoms with Gasteiger partial charge >= 0.3 is 0 Å². The molecule has 1 unspecified atom stereocenters. The van der Waals surface area contributed by atoms with Gasteiger partial charge in [-0.1, -0.05) is 18.0 Å². The zero-order valence-corrected chi connectivity index (χ0v) is 20.6. The fourth-order valence-electron chi connectivity index (χ4n) is 4.32. The second-order valence-electron chi connectivity index (χ2n) is 8.77. The van der Waals surface area contributed by atoms with Crippen LogP contribution in [0.1, 0.15) is 36.5 Å². The Morgan fingerprint density at radius 3 is 2.60 bits per heavy atom. The number of hydrogen-bond acceptors (Lipinski definition) is 6. The number of rotatable bonds is 9. The number of nitrogens with one attached hydrogen (secondary N) is 1. The monoisotopic (exact) mass is 499 g/mol. The van der Waals surface area contributed by atoms with Gasteiger partial charge in [-0.2, -0.15) is 0 Å². The van der Waals surface area contributed by atoms with Crippen molar-refractivity contribution in [2.45, 2.75) is 32.2 Å². The third kappa shape index (κ3) is 6.32. The van der Waals surface area contributed by atoms with E-state index in [1.54, 1.807) is 49.4 Å². The van der Waals surface area contributed by atoms with E-state index in [1.165, 1.54) is 24.2 Å². The summed E-state index contributed by atoms with van der Waals surface area (Å²) >= 11 is 5.88. The van der Waals surface area contributed by atoms with E-state index in [0.717, 1.165) is 19.6 Å². The number of anilines is 1. The molecule has 1 fully saturated rings. The summed E-state index contributed by atoms with van der Waals surface area (Å²) in [6.45, 7) is 4.76. The number of hydrogen-bond donors (Lipinski definition) is 1. The lowest BCUT2D eigenvalue weighted by Crippen LogP contribution is -2.52. The summed E-state index contributed by atoms with van der Waals surface area (Å²) in [4.78, 5) is 42.1. The van der Waals surface area contributed by atoms with Gasteiger partial charge in [0.05, 0.1) is 5.69 Å². The maximum atomic E-state index is 12.9. The molecular weight excluding hydrogens is 470 g/mol. The van der Waals surface area contributed by atoms with Crippen LogP contribution in [0.2, 0.25) is 5.02 Å². The number of amides is 2. The van der Waals surface area contributed by atoms with Crippen molar-refractivity contribution < 1.29 is 23.9 Å². The van der Waals surface area contributed by atoms with Crippen molar-refractivity contribution in [3.05, 3.63) is 53.1 Å². The van der Waals surface area contributed by atoms with Gasteiger partial charge in [0.1, 0.15) is 17.5 Å². The Labute approximate surface area is 210 Å². The average Bonchev–Trinajstić information content (AvgIpc) is 2.88. The van der Waals surface area contributed by atoms with Crippen LogP contribution in [0, 0.1) is 0 Å². The van der Waals surface area contributed by atoms with E-state index in [0.29, 0.717) is 34.3 Å². The Hall–Kier alpha value is -3.10. The summed E-state index contributed by atoms with van der Waals surface area (Å²) < 4.78 is 11.1. The Kier molecular flexibility index (Phi) is 8.25. The van der Waals surface area contributed by atoms with Crippen LogP contribution in [-0.2, 0) is 9.59 Å². The fraction of sp³-hybridized carbons (Fsp3) is 0.423. The number of Topliss-reactive ketones (excluding diaryl/α,β-unsaturated/α-hetero) is 1. The molecule has 0 saturated carbocycles. The molecule has 0 spiro atoms. The molecule has 0 radical (unpaired) electrons. The van der Waals surface area contributed by atoms with Gasteiger partial charge in [-0.15, -0.1) is 0 Å². The predicted molar refractivity (Wildman–Crippen MR) is 133 cm³/mol. The van der Waals surface area contributed by atoms with E-state index >= 15 is 0 Å². The van der Waals surface area contributed by atoms with Crippen LogP contribution >= 0.6 is 11.6 Å². The minimum absolute atomic E-state index is 0.161. The number of likely N-dealkylation sites (tertiary alicyclic amines) is 1. The summed E-state index contributed by atoms with van der Waals surface area (Å²) in [6.07, 6.45) is 3.64. The van der Waals surface area contributed by atoms with Gasteiger partial charge in [0.2, 0.25) is 5.91 Å². The standard InChI is InChI=1S/C26H30ClN3O5/c1-18(26(33)28-11-14-29-12-3-2-4-13-29)30-22-15-19(5-10-24(22)35-17-25(30)32)23(31)16-34-21-8-6-20(27)7-9-21/h5-10,15,18H,2-4,11-14,16-17H2,1H3,(H,28,33). The van der Waals surface area contributed by atoms with Gasteiger partial charge in [-0.3, -0.25) is 19.3 Å². The number of nitrogens with zero attached hydrogens (tertiary/aromatic N) is 2. The van der Waals surface area contributed by atoms with Gasteiger partial charge in [0.25, 0.3) is 5.91 Å². The molecule has 0 aromatic heterocycles. The quantitative estimate of drug-likeness (QED) is 0.532. The molecule has 1 atom stereocenters. The second kappa shape index (κ2) is 11.6. The molecule has 1 saturated heterocycles. The Morgan fingerprint density at radius 1 is 1.11 bits per heavy atom. The van der Waals surface area contributed by atoms with E-state index in [4.69, 9.17) is 21.1 Å². The zero-order chi connectivity index (χ0) is 24.8. The van der Waals surface area contributed by atoms with Crippen LogP contribution in [0.25, 0.3) is 0 Å². The highest BCUT2D eigenvalue weighted by Gasteiger charge is 2.33. The molecule has 9 heteroatoms. The molecular formula is C26H30ClN3O5. The Morgan fingerprint density at radius 2 is 1.86 bits per heavy atom. The van der Waals surface area contributed by atoms with E-state index in [1.807, 2.05) is 0 Å². The normalized spacial score (nSPS) is 16.7. The van der Waals surface area contributed by atoms with Gasteiger partial charge in [0.15, 0.2) is 19.0 Å². The molecule has 2 aromatic carbocycles. The maximum Gasteiger partial charge on any atom is 0.265 e. The van der Waals surface area contributed by atoms with Gasteiger partial charge in [0, 0.05) is 23.7 Å². The molecule has 0 bridgehead atoms. The van der Waals surface area contributed by atoms with E-state index in [-0.39, 0.29) is 30.8 Å². The van der Waals surface area contributed by atoms with Crippen molar-refractivity contribution in [1.29, 1.82) is 0 Å². The molecule has 2 aliphatic heterocycles. The van der Waals surface area contributed by atoms with Crippen molar-refractivity contribution in [2.24, 2.45) is 0 Å². The molecule has 2 aromatic rings. The van der Waals surface area contributed by atoms with Crippen LogP contribution in [0.4, 0.5) is 5.69 Å². The number of piperidine rings is 1.